The molecule has 0 spiro atoms. The molecule has 1 aromatic carbocycles. The molecular formula is C14H15N3O4. The van der Waals surface area contributed by atoms with Gasteiger partial charge in [-0.15, -0.1) is 0 Å². The van der Waals surface area contributed by atoms with Crippen LogP contribution in [0.3, 0.4) is 0 Å². The van der Waals surface area contributed by atoms with Gasteiger partial charge in [0.2, 0.25) is 0 Å². The predicted molar refractivity (Wildman–Crippen MR) is 73.9 cm³/mol. The molecule has 1 aliphatic rings. The van der Waals surface area contributed by atoms with E-state index >= 15 is 0 Å². The maximum Gasteiger partial charge on any atom is 0.310 e. The Labute approximate surface area is 121 Å². The molecule has 1 aromatic rings. The fourth-order valence-corrected chi connectivity index (χ4v) is 2.51. The van der Waals surface area contributed by atoms with Crippen LogP contribution in [0.25, 0.3) is 0 Å². The Kier molecular flexibility index (Phi) is 4.38. The number of hydrogen-bond donors (Lipinski definition) is 1. The average molecular weight is 289 g/mol. The minimum atomic E-state index is -0.566. The summed E-state index contributed by atoms with van der Waals surface area (Å²) >= 11 is 0. The van der Waals surface area contributed by atoms with Crippen molar-refractivity contribution in [1.29, 1.82) is 5.26 Å². The van der Waals surface area contributed by atoms with Gasteiger partial charge < -0.3 is 10.1 Å². The highest BCUT2D eigenvalue weighted by Gasteiger charge is 2.29. The first-order valence-electron chi connectivity index (χ1n) is 6.59. The summed E-state index contributed by atoms with van der Waals surface area (Å²) in [7, 11) is 1.31. The van der Waals surface area contributed by atoms with Gasteiger partial charge in [0.05, 0.1) is 24.0 Å². The topological polar surface area (TPSA) is 105 Å². The van der Waals surface area contributed by atoms with Gasteiger partial charge in [-0.2, -0.15) is 5.26 Å². The predicted octanol–water partition coefficient (Wildman–Crippen LogP) is 2.03. The molecule has 7 heteroatoms. The number of benzene rings is 1. The summed E-state index contributed by atoms with van der Waals surface area (Å²) in [6, 6.07) is 5.98. The molecule has 0 saturated heterocycles. The van der Waals surface area contributed by atoms with Crippen LogP contribution in [0.5, 0.6) is 5.75 Å². The van der Waals surface area contributed by atoms with Gasteiger partial charge in [0, 0.05) is 23.7 Å². The summed E-state index contributed by atoms with van der Waals surface area (Å²) < 4.78 is 4.94. The van der Waals surface area contributed by atoms with E-state index in [0.29, 0.717) is 0 Å². The number of hydrogen-bond acceptors (Lipinski definition) is 5. The summed E-state index contributed by atoms with van der Waals surface area (Å²) in [4.78, 5) is 22.4. The first-order chi connectivity index (χ1) is 10.1. The molecule has 2 unspecified atom stereocenters. The van der Waals surface area contributed by atoms with Crippen molar-refractivity contribution in [2.45, 2.75) is 25.3 Å². The van der Waals surface area contributed by atoms with E-state index in [0.717, 1.165) is 19.3 Å². The highest BCUT2D eigenvalue weighted by Crippen LogP contribution is 2.28. The van der Waals surface area contributed by atoms with Gasteiger partial charge >= 0.3 is 5.69 Å². The maximum atomic E-state index is 12.2. The summed E-state index contributed by atoms with van der Waals surface area (Å²) in [5.74, 6) is -0.486. The minimum Gasteiger partial charge on any atom is -0.490 e. The van der Waals surface area contributed by atoms with E-state index in [-0.39, 0.29) is 34.9 Å². The molecule has 1 N–H and O–H groups in total. The normalized spacial score (nSPS) is 20.6. The smallest absolute Gasteiger partial charge is 0.310 e. The molecule has 21 heavy (non-hydrogen) atoms. The molecule has 1 fully saturated rings. The Morgan fingerprint density at radius 2 is 2.29 bits per heavy atom. The first-order valence-corrected chi connectivity index (χ1v) is 6.59. The van der Waals surface area contributed by atoms with Crippen molar-refractivity contribution in [3.8, 4) is 11.8 Å². The molecule has 0 aromatic heterocycles. The van der Waals surface area contributed by atoms with Gasteiger partial charge in [0.15, 0.2) is 5.75 Å². The third kappa shape index (κ3) is 3.11. The van der Waals surface area contributed by atoms with Crippen molar-refractivity contribution < 1.29 is 14.5 Å². The van der Waals surface area contributed by atoms with E-state index in [2.05, 4.69) is 11.4 Å². The van der Waals surface area contributed by atoms with Gasteiger partial charge in [0.25, 0.3) is 5.91 Å². The van der Waals surface area contributed by atoms with E-state index in [1.165, 1.54) is 25.3 Å². The summed E-state index contributed by atoms with van der Waals surface area (Å²) in [5.41, 5.74) is 0.0888. The highest BCUT2D eigenvalue weighted by molar-refractivity contribution is 5.95. The van der Waals surface area contributed by atoms with Gasteiger partial charge in [0.1, 0.15) is 0 Å². The SMILES string of the molecule is COc1cc(C(=O)NC2CCCC2C#N)ccc1[N+](=O)[O-]. The Hall–Kier alpha value is -2.62. The molecule has 2 rings (SSSR count). The molecule has 7 nitrogen and oxygen atoms in total. The van der Waals surface area contributed by atoms with E-state index in [9.17, 15) is 14.9 Å². The zero-order valence-corrected chi connectivity index (χ0v) is 11.5. The molecule has 0 radical (unpaired) electrons. The van der Waals surface area contributed by atoms with Crippen LogP contribution in [0.15, 0.2) is 18.2 Å². The minimum absolute atomic E-state index is 0.0379. The van der Waals surface area contributed by atoms with Crippen molar-refractivity contribution in [3.05, 3.63) is 33.9 Å². The lowest BCUT2D eigenvalue weighted by molar-refractivity contribution is -0.385. The highest BCUT2D eigenvalue weighted by atomic mass is 16.6. The number of nitro groups is 1. The molecule has 0 heterocycles. The lowest BCUT2D eigenvalue weighted by Gasteiger charge is -2.15. The number of nitro benzene ring substituents is 1. The Morgan fingerprint density at radius 3 is 2.90 bits per heavy atom. The van der Waals surface area contributed by atoms with Crippen LogP contribution in [0.4, 0.5) is 5.69 Å². The molecule has 1 amide bonds. The first kappa shape index (κ1) is 14.8. The molecular weight excluding hydrogens is 274 g/mol. The largest absolute Gasteiger partial charge is 0.490 e. The van der Waals surface area contributed by atoms with Crippen LogP contribution in [0.1, 0.15) is 29.6 Å². The number of ether oxygens (including phenoxy) is 1. The Bertz CT molecular complexity index is 609. The quantitative estimate of drug-likeness (QED) is 0.674. The third-order valence-electron chi connectivity index (χ3n) is 3.64. The lowest BCUT2D eigenvalue weighted by atomic mass is 10.1. The second-order valence-corrected chi connectivity index (χ2v) is 4.89. The van der Waals surface area contributed by atoms with Crippen molar-refractivity contribution in [3.63, 3.8) is 0 Å². The van der Waals surface area contributed by atoms with Crippen LogP contribution >= 0.6 is 0 Å². The fraction of sp³-hybridized carbons (Fsp3) is 0.429. The molecule has 110 valence electrons. The number of amides is 1. The van der Waals surface area contributed by atoms with Gasteiger partial charge in [-0.3, -0.25) is 14.9 Å². The van der Waals surface area contributed by atoms with Crippen LogP contribution in [0, 0.1) is 27.4 Å². The number of carbonyl (C=O) groups is 1. The van der Waals surface area contributed by atoms with E-state index in [4.69, 9.17) is 10.00 Å². The molecule has 2 atom stereocenters. The van der Waals surface area contributed by atoms with Crippen molar-refractivity contribution in [1.82, 2.24) is 5.32 Å². The standard InChI is InChI=1S/C14H15N3O4/c1-21-13-7-9(5-6-12(13)17(19)20)14(18)16-11-4-2-3-10(11)8-15/h5-7,10-11H,2-4H2,1H3,(H,16,18). The number of carbonyl (C=O) groups excluding carboxylic acids is 1. The van der Waals surface area contributed by atoms with Crippen LogP contribution < -0.4 is 10.1 Å². The summed E-state index contributed by atoms with van der Waals surface area (Å²) in [6.07, 6.45) is 2.46. The Morgan fingerprint density at radius 1 is 1.52 bits per heavy atom. The van der Waals surface area contributed by atoms with Gasteiger partial charge in [-0.05, 0) is 25.3 Å². The van der Waals surface area contributed by atoms with Crippen LogP contribution in [-0.4, -0.2) is 24.0 Å². The summed E-state index contributed by atoms with van der Waals surface area (Å²) in [6.45, 7) is 0. The summed E-state index contributed by atoms with van der Waals surface area (Å²) in [5, 5.41) is 22.6. The fourth-order valence-electron chi connectivity index (χ4n) is 2.51. The number of methoxy groups -OCH3 is 1. The zero-order chi connectivity index (χ0) is 15.4. The lowest BCUT2D eigenvalue weighted by Crippen LogP contribution is -2.36. The molecule has 1 aliphatic carbocycles. The maximum absolute atomic E-state index is 12.2. The zero-order valence-electron chi connectivity index (χ0n) is 11.5. The van der Waals surface area contributed by atoms with E-state index in [1.807, 2.05) is 0 Å². The van der Waals surface area contributed by atoms with Crippen molar-refractivity contribution in [2.75, 3.05) is 7.11 Å². The van der Waals surface area contributed by atoms with Crippen LogP contribution in [-0.2, 0) is 0 Å². The number of rotatable bonds is 4. The average Bonchev–Trinajstić information content (AvgIpc) is 2.93. The molecule has 0 bridgehead atoms. The van der Waals surface area contributed by atoms with Crippen LogP contribution in [0.2, 0.25) is 0 Å². The second kappa shape index (κ2) is 6.22. The monoisotopic (exact) mass is 289 g/mol. The van der Waals surface area contributed by atoms with E-state index < -0.39 is 4.92 Å². The number of nitrogens with one attached hydrogen (secondary N) is 1. The van der Waals surface area contributed by atoms with Gasteiger partial charge in [-0.1, -0.05) is 0 Å². The number of nitrogens with zero attached hydrogens (tertiary/aromatic N) is 2. The third-order valence-corrected chi connectivity index (χ3v) is 3.64. The Balaban J connectivity index is 2.16. The van der Waals surface area contributed by atoms with Gasteiger partial charge in [-0.25, -0.2) is 0 Å². The number of nitriles is 1. The molecule has 0 aliphatic heterocycles. The molecule has 1 saturated carbocycles. The van der Waals surface area contributed by atoms with Crippen molar-refractivity contribution in [2.24, 2.45) is 5.92 Å². The van der Waals surface area contributed by atoms with Crippen molar-refractivity contribution >= 4 is 11.6 Å². The second-order valence-electron chi connectivity index (χ2n) is 4.89. The van der Waals surface area contributed by atoms with E-state index in [1.54, 1.807) is 0 Å².